The molecule has 8 heteroatoms. The molecular weight excluding hydrogens is 263 g/mol. The molecule has 0 aromatic heterocycles. The summed E-state index contributed by atoms with van der Waals surface area (Å²) in [4.78, 5) is 25.4. The number of alkyl halides is 3. The van der Waals surface area contributed by atoms with Crippen molar-refractivity contribution < 1.29 is 22.8 Å². The molecule has 1 aliphatic heterocycles. The third-order valence-electron chi connectivity index (χ3n) is 2.40. The van der Waals surface area contributed by atoms with Crippen LogP contribution in [0.3, 0.4) is 0 Å². The molecule has 1 heterocycles. The summed E-state index contributed by atoms with van der Waals surface area (Å²) in [6, 6.07) is 4.96. The first-order chi connectivity index (χ1) is 8.88. The van der Waals surface area contributed by atoms with Gasteiger partial charge in [-0.2, -0.15) is 13.2 Å². The molecular formula is C11H8F3N3O2. The predicted octanol–water partition coefficient (Wildman–Crippen LogP) is 0.807. The third kappa shape index (κ3) is 2.90. The van der Waals surface area contributed by atoms with Gasteiger partial charge in [-0.1, -0.05) is 18.2 Å². The summed E-state index contributed by atoms with van der Waals surface area (Å²) < 4.78 is 38.1. The SMILES string of the molecule is O=C1NC(=NCc2ccccc2C(F)(F)F)NC1=O. The normalized spacial score (nSPS) is 15.2. The monoisotopic (exact) mass is 271 g/mol. The molecule has 2 N–H and O–H groups in total. The van der Waals surface area contributed by atoms with E-state index in [0.29, 0.717) is 0 Å². The zero-order valence-electron chi connectivity index (χ0n) is 9.41. The smallest absolute Gasteiger partial charge is 0.288 e. The Hall–Kier alpha value is -2.38. The number of halogens is 3. The molecule has 0 bridgehead atoms. The van der Waals surface area contributed by atoms with E-state index in [0.717, 1.165) is 6.07 Å². The third-order valence-corrected chi connectivity index (χ3v) is 2.40. The number of amides is 2. The van der Waals surface area contributed by atoms with Crippen LogP contribution in [-0.2, 0) is 22.3 Å². The summed E-state index contributed by atoms with van der Waals surface area (Å²) in [6.45, 7) is -0.300. The van der Waals surface area contributed by atoms with Crippen LogP contribution >= 0.6 is 0 Å². The molecule has 0 spiro atoms. The number of nitrogens with zero attached hydrogens (tertiary/aromatic N) is 1. The van der Waals surface area contributed by atoms with E-state index in [-0.39, 0.29) is 18.1 Å². The highest BCUT2D eigenvalue weighted by atomic mass is 19.4. The van der Waals surface area contributed by atoms with Gasteiger partial charge in [-0.25, -0.2) is 4.99 Å². The average Bonchev–Trinajstić information content (AvgIpc) is 2.65. The number of aliphatic imine (C=N–C) groups is 1. The van der Waals surface area contributed by atoms with E-state index >= 15 is 0 Å². The molecule has 1 aliphatic rings. The quantitative estimate of drug-likeness (QED) is 0.781. The summed E-state index contributed by atoms with van der Waals surface area (Å²) >= 11 is 0. The Bertz CT molecular complexity index is 549. The van der Waals surface area contributed by atoms with Crippen molar-refractivity contribution in [2.45, 2.75) is 12.7 Å². The minimum Gasteiger partial charge on any atom is -0.288 e. The molecule has 5 nitrogen and oxygen atoms in total. The molecule has 0 radical (unpaired) electrons. The molecule has 1 aromatic carbocycles. The van der Waals surface area contributed by atoms with Crippen LogP contribution < -0.4 is 10.6 Å². The molecule has 1 fully saturated rings. The Balaban J connectivity index is 2.19. The number of hydrogen-bond donors (Lipinski definition) is 2. The summed E-state index contributed by atoms with van der Waals surface area (Å²) in [5.74, 6) is -1.92. The van der Waals surface area contributed by atoms with Gasteiger partial charge in [-0.3, -0.25) is 20.2 Å². The van der Waals surface area contributed by atoms with Gasteiger partial charge in [0.15, 0.2) is 0 Å². The van der Waals surface area contributed by atoms with Crippen molar-refractivity contribution in [3.05, 3.63) is 35.4 Å². The van der Waals surface area contributed by atoms with E-state index in [4.69, 9.17) is 0 Å². The van der Waals surface area contributed by atoms with Crippen LogP contribution in [0.25, 0.3) is 0 Å². The zero-order chi connectivity index (χ0) is 14.0. The lowest BCUT2D eigenvalue weighted by Gasteiger charge is -2.10. The van der Waals surface area contributed by atoms with Gasteiger partial charge < -0.3 is 0 Å². The maximum Gasteiger partial charge on any atom is 0.416 e. The minimum absolute atomic E-state index is 0.0436. The maximum absolute atomic E-state index is 12.7. The van der Waals surface area contributed by atoms with Crippen molar-refractivity contribution >= 4 is 17.8 Å². The first-order valence-electron chi connectivity index (χ1n) is 5.20. The lowest BCUT2D eigenvalue weighted by atomic mass is 10.1. The number of rotatable bonds is 2. The van der Waals surface area contributed by atoms with Crippen LogP contribution in [0, 0.1) is 0 Å². The Kier molecular flexibility index (Phi) is 3.24. The van der Waals surface area contributed by atoms with Crippen molar-refractivity contribution in [3.63, 3.8) is 0 Å². The number of carbonyl (C=O) groups excluding carboxylic acids is 2. The molecule has 1 aromatic rings. The topological polar surface area (TPSA) is 70.6 Å². The van der Waals surface area contributed by atoms with E-state index < -0.39 is 23.6 Å². The van der Waals surface area contributed by atoms with E-state index in [1.165, 1.54) is 18.2 Å². The van der Waals surface area contributed by atoms with E-state index in [2.05, 4.69) is 15.6 Å². The fraction of sp³-hybridized carbons (Fsp3) is 0.182. The lowest BCUT2D eigenvalue weighted by molar-refractivity contribution is -0.138. The average molecular weight is 271 g/mol. The van der Waals surface area contributed by atoms with Crippen molar-refractivity contribution in [2.24, 2.45) is 4.99 Å². The number of carbonyl (C=O) groups is 2. The molecule has 0 aliphatic carbocycles. The van der Waals surface area contributed by atoms with Gasteiger partial charge in [0, 0.05) is 0 Å². The maximum atomic E-state index is 12.7. The van der Waals surface area contributed by atoms with Gasteiger partial charge in [0.1, 0.15) is 0 Å². The Morgan fingerprint density at radius 2 is 1.63 bits per heavy atom. The Morgan fingerprint density at radius 3 is 2.21 bits per heavy atom. The van der Waals surface area contributed by atoms with Crippen LogP contribution in [0.15, 0.2) is 29.3 Å². The van der Waals surface area contributed by atoms with Gasteiger partial charge >= 0.3 is 18.0 Å². The fourth-order valence-corrected chi connectivity index (χ4v) is 1.54. The molecule has 100 valence electrons. The standard InChI is InChI=1S/C11H8F3N3O2/c12-11(13,14)7-4-2-1-3-6(7)5-15-10-16-8(18)9(19)17-10/h1-4H,5H2,(H2,15,16,17,18,19). The number of hydrogen-bond acceptors (Lipinski definition) is 3. The lowest BCUT2D eigenvalue weighted by Crippen LogP contribution is -2.25. The van der Waals surface area contributed by atoms with Crippen molar-refractivity contribution in [1.82, 2.24) is 10.6 Å². The van der Waals surface area contributed by atoms with Gasteiger partial charge in [-0.15, -0.1) is 0 Å². The Labute approximate surface area is 105 Å². The molecule has 2 amide bonds. The zero-order valence-corrected chi connectivity index (χ0v) is 9.41. The summed E-state index contributed by atoms with van der Waals surface area (Å²) in [7, 11) is 0. The highest BCUT2D eigenvalue weighted by Crippen LogP contribution is 2.32. The fourth-order valence-electron chi connectivity index (χ4n) is 1.54. The van der Waals surface area contributed by atoms with Gasteiger partial charge in [0.2, 0.25) is 5.96 Å². The first kappa shape index (κ1) is 13.1. The number of nitrogens with one attached hydrogen (secondary N) is 2. The van der Waals surface area contributed by atoms with Gasteiger partial charge in [0.25, 0.3) is 0 Å². The highest BCUT2D eigenvalue weighted by molar-refractivity contribution is 6.45. The molecule has 19 heavy (non-hydrogen) atoms. The van der Waals surface area contributed by atoms with E-state index in [9.17, 15) is 22.8 Å². The van der Waals surface area contributed by atoms with Gasteiger partial charge in [-0.05, 0) is 11.6 Å². The predicted molar refractivity (Wildman–Crippen MR) is 58.9 cm³/mol. The second-order valence-corrected chi connectivity index (χ2v) is 3.73. The summed E-state index contributed by atoms with van der Waals surface area (Å²) in [5.41, 5.74) is -0.840. The molecule has 0 saturated carbocycles. The van der Waals surface area contributed by atoms with Crippen LogP contribution in [-0.4, -0.2) is 17.8 Å². The van der Waals surface area contributed by atoms with E-state index in [1.807, 2.05) is 0 Å². The second-order valence-electron chi connectivity index (χ2n) is 3.73. The minimum atomic E-state index is -4.47. The van der Waals surface area contributed by atoms with Gasteiger partial charge in [0.05, 0.1) is 12.1 Å². The highest BCUT2D eigenvalue weighted by Gasteiger charge is 2.33. The summed E-state index contributed by atoms with van der Waals surface area (Å²) in [5, 5.41) is 4.20. The van der Waals surface area contributed by atoms with Crippen LogP contribution in [0.2, 0.25) is 0 Å². The molecule has 0 unspecified atom stereocenters. The van der Waals surface area contributed by atoms with Crippen LogP contribution in [0.1, 0.15) is 11.1 Å². The molecule has 0 atom stereocenters. The van der Waals surface area contributed by atoms with Crippen LogP contribution in [0.5, 0.6) is 0 Å². The number of benzene rings is 1. The van der Waals surface area contributed by atoms with Crippen molar-refractivity contribution in [2.75, 3.05) is 0 Å². The molecule has 1 saturated heterocycles. The summed E-state index contributed by atoms with van der Waals surface area (Å²) in [6.07, 6.45) is -4.47. The number of guanidine groups is 1. The van der Waals surface area contributed by atoms with Crippen LogP contribution in [0.4, 0.5) is 13.2 Å². The first-order valence-corrected chi connectivity index (χ1v) is 5.20. The second kappa shape index (κ2) is 4.71. The Morgan fingerprint density at radius 1 is 1.05 bits per heavy atom. The largest absolute Gasteiger partial charge is 0.416 e. The van der Waals surface area contributed by atoms with Crippen molar-refractivity contribution in [3.8, 4) is 0 Å². The van der Waals surface area contributed by atoms with Crippen molar-refractivity contribution in [1.29, 1.82) is 0 Å². The molecule has 2 rings (SSSR count). The van der Waals surface area contributed by atoms with E-state index in [1.54, 1.807) is 0 Å².